The first-order valence-corrected chi connectivity index (χ1v) is 7.03. The van der Waals surface area contributed by atoms with Gasteiger partial charge < -0.3 is 0 Å². The Hall–Kier alpha value is -0.823. The van der Waals surface area contributed by atoms with Crippen LogP contribution in [0, 0.1) is 5.92 Å². The van der Waals surface area contributed by atoms with Gasteiger partial charge in [-0.1, -0.05) is 55.3 Å². The van der Waals surface area contributed by atoms with Gasteiger partial charge in [-0.15, -0.1) is 0 Å². The molecule has 1 fully saturated rings. The van der Waals surface area contributed by atoms with Crippen LogP contribution >= 0.6 is 0 Å². The van der Waals surface area contributed by atoms with E-state index in [0.29, 0.717) is 0 Å². The van der Waals surface area contributed by atoms with Gasteiger partial charge in [-0.3, -0.25) is 0 Å². The number of hydrogen-bond donors (Lipinski definition) is 0. The molecule has 80 valence electrons. The van der Waals surface area contributed by atoms with Crippen molar-refractivity contribution < 1.29 is 0 Å². The fourth-order valence-electron chi connectivity index (χ4n) is 2.45. The van der Waals surface area contributed by atoms with E-state index in [1.54, 1.807) is 0 Å². The molecule has 1 aliphatic carbocycles. The summed E-state index contributed by atoms with van der Waals surface area (Å²) >= 11 is 0. The van der Waals surface area contributed by atoms with E-state index in [-0.39, 0.29) is 0 Å². The Kier molecular flexibility index (Phi) is 3.42. The van der Waals surface area contributed by atoms with Crippen LogP contribution in [0.4, 0.5) is 0 Å². The third-order valence-electron chi connectivity index (χ3n) is 3.52. The third kappa shape index (κ3) is 2.60. The smallest absolute Gasteiger partial charge is 0.0384 e. The van der Waals surface area contributed by atoms with Crippen LogP contribution in [-0.2, 0) is 0 Å². The molecular formula is C14H20Si. The van der Waals surface area contributed by atoms with Gasteiger partial charge in [0.2, 0.25) is 0 Å². The van der Waals surface area contributed by atoms with E-state index < -0.39 is 0 Å². The predicted molar refractivity (Wildman–Crippen MR) is 71.6 cm³/mol. The second-order valence-corrected chi connectivity index (χ2v) is 5.88. The largest absolute Gasteiger partial charge is 0.0950 e. The first-order valence-electron chi connectivity index (χ1n) is 6.03. The van der Waals surface area contributed by atoms with Crippen LogP contribution in [0.5, 0.6) is 0 Å². The molecule has 0 atom stereocenters. The zero-order valence-electron chi connectivity index (χ0n) is 9.63. The summed E-state index contributed by atoms with van der Waals surface area (Å²) in [5.41, 5.74) is 2.73. The summed E-state index contributed by atoms with van der Waals surface area (Å²) in [6.07, 6.45) is 6.90. The monoisotopic (exact) mass is 216 g/mol. The van der Waals surface area contributed by atoms with Crippen molar-refractivity contribution in [3.05, 3.63) is 36.4 Å². The van der Waals surface area contributed by atoms with Gasteiger partial charge >= 0.3 is 0 Å². The van der Waals surface area contributed by atoms with Crippen LogP contribution in [0.1, 0.15) is 37.7 Å². The highest BCUT2D eigenvalue weighted by Crippen LogP contribution is 2.33. The summed E-state index contributed by atoms with van der Waals surface area (Å²) in [5, 5.41) is 1.47. The molecule has 1 heteroatoms. The lowest BCUT2D eigenvalue weighted by Crippen LogP contribution is -2.08. The van der Waals surface area contributed by atoms with Crippen molar-refractivity contribution in [2.45, 2.75) is 32.1 Å². The number of rotatable bonds is 2. The first kappa shape index (κ1) is 10.7. The Balaban J connectivity index is 2.09. The second kappa shape index (κ2) is 4.80. The normalized spacial score (nSPS) is 17.9. The van der Waals surface area contributed by atoms with E-state index in [4.69, 9.17) is 0 Å². The highest BCUT2D eigenvalue weighted by Gasteiger charge is 2.17. The molecule has 0 unspecified atom stereocenters. The van der Waals surface area contributed by atoms with Crippen LogP contribution in [0.2, 0.25) is 0 Å². The Morgan fingerprint density at radius 1 is 1.07 bits per heavy atom. The minimum Gasteiger partial charge on any atom is -0.0950 e. The fraction of sp³-hybridized carbons (Fsp3) is 0.429. The van der Waals surface area contributed by atoms with E-state index in [0.717, 1.165) is 16.2 Å². The molecule has 1 aromatic carbocycles. The van der Waals surface area contributed by atoms with E-state index in [2.05, 4.69) is 30.8 Å². The van der Waals surface area contributed by atoms with Crippen molar-refractivity contribution in [1.82, 2.24) is 0 Å². The van der Waals surface area contributed by atoms with Crippen LogP contribution in [-0.4, -0.2) is 10.2 Å². The van der Waals surface area contributed by atoms with Gasteiger partial charge in [0.05, 0.1) is 0 Å². The van der Waals surface area contributed by atoms with Crippen LogP contribution in [0.3, 0.4) is 0 Å². The quantitative estimate of drug-likeness (QED) is 0.665. The molecule has 0 saturated heterocycles. The Labute approximate surface area is 95.8 Å². The molecule has 0 amide bonds. The van der Waals surface area contributed by atoms with Crippen LogP contribution in [0.15, 0.2) is 30.8 Å². The molecule has 2 rings (SSSR count). The maximum atomic E-state index is 4.29. The Morgan fingerprint density at radius 2 is 1.67 bits per heavy atom. The van der Waals surface area contributed by atoms with Gasteiger partial charge in [0.25, 0.3) is 0 Å². The lowest BCUT2D eigenvalue weighted by atomic mass is 9.82. The van der Waals surface area contributed by atoms with Crippen molar-refractivity contribution in [1.29, 1.82) is 0 Å². The standard InChI is InChI=1S/C14H20Si/c1-11(12-5-3-2-4-6-12)13-7-9-14(15)10-8-13/h7-10,12H,1-6H2,15H3. The number of allylic oxidation sites excluding steroid dienone is 1. The van der Waals surface area contributed by atoms with E-state index in [9.17, 15) is 0 Å². The van der Waals surface area contributed by atoms with Crippen LogP contribution in [0.25, 0.3) is 5.57 Å². The van der Waals surface area contributed by atoms with Gasteiger partial charge in [-0.2, -0.15) is 0 Å². The highest BCUT2D eigenvalue weighted by atomic mass is 28.1. The van der Waals surface area contributed by atoms with Crippen molar-refractivity contribution in [3.63, 3.8) is 0 Å². The van der Waals surface area contributed by atoms with Crippen molar-refractivity contribution in [2.75, 3.05) is 0 Å². The zero-order chi connectivity index (χ0) is 10.7. The van der Waals surface area contributed by atoms with E-state index >= 15 is 0 Å². The molecule has 0 heterocycles. The Bertz CT molecular complexity index is 331. The summed E-state index contributed by atoms with van der Waals surface area (Å²) in [5.74, 6) is 0.749. The molecule has 0 aromatic heterocycles. The third-order valence-corrected chi connectivity index (χ3v) is 4.19. The maximum absolute atomic E-state index is 4.29. The highest BCUT2D eigenvalue weighted by molar-refractivity contribution is 6.32. The minimum atomic E-state index is 0.749. The zero-order valence-corrected chi connectivity index (χ0v) is 11.6. The molecule has 0 nitrogen and oxygen atoms in total. The molecule has 1 aromatic rings. The van der Waals surface area contributed by atoms with Crippen molar-refractivity contribution >= 4 is 21.0 Å². The lowest BCUT2D eigenvalue weighted by molar-refractivity contribution is 0.430. The summed E-state index contributed by atoms with van der Waals surface area (Å²) in [6, 6.07) is 8.99. The maximum Gasteiger partial charge on any atom is 0.0384 e. The molecular weight excluding hydrogens is 196 g/mol. The molecule has 0 radical (unpaired) electrons. The minimum absolute atomic E-state index is 0.749. The fourth-order valence-corrected chi connectivity index (χ4v) is 2.79. The summed E-state index contributed by atoms with van der Waals surface area (Å²) in [6.45, 7) is 4.29. The molecule has 0 bridgehead atoms. The van der Waals surface area contributed by atoms with Gasteiger partial charge in [-0.05, 0) is 29.9 Å². The molecule has 0 N–H and O–H groups in total. The van der Waals surface area contributed by atoms with Crippen LogP contribution < -0.4 is 5.19 Å². The second-order valence-electron chi connectivity index (χ2n) is 4.73. The lowest BCUT2D eigenvalue weighted by Gasteiger charge is -2.24. The number of benzene rings is 1. The topological polar surface area (TPSA) is 0 Å². The summed E-state index contributed by atoms with van der Waals surface area (Å²) in [7, 11) is 1.15. The van der Waals surface area contributed by atoms with Crippen molar-refractivity contribution in [3.8, 4) is 0 Å². The summed E-state index contributed by atoms with van der Waals surface area (Å²) < 4.78 is 0. The predicted octanol–water partition coefficient (Wildman–Crippen LogP) is 2.27. The molecule has 0 spiro atoms. The molecule has 15 heavy (non-hydrogen) atoms. The molecule has 0 aliphatic heterocycles. The Morgan fingerprint density at radius 3 is 2.27 bits per heavy atom. The molecule has 1 aliphatic rings. The van der Waals surface area contributed by atoms with Crippen molar-refractivity contribution in [2.24, 2.45) is 5.92 Å². The SMILES string of the molecule is C=C(c1ccc([SiH3])cc1)C1CCCCC1. The van der Waals surface area contributed by atoms with Gasteiger partial charge in [0.1, 0.15) is 0 Å². The van der Waals surface area contributed by atoms with Gasteiger partial charge in [0, 0.05) is 10.2 Å². The number of hydrogen-bond acceptors (Lipinski definition) is 0. The average molecular weight is 216 g/mol. The van der Waals surface area contributed by atoms with E-state index in [1.807, 2.05) is 0 Å². The summed E-state index contributed by atoms with van der Waals surface area (Å²) in [4.78, 5) is 0. The van der Waals surface area contributed by atoms with Gasteiger partial charge in [0.15, 0.2) is 0 Å². The van der Waals surface area contributed by atoms with Gasteiger partial charge in [-0.25, -0.2) is 0 Å². The van der Waals surface area contributed by atoms with E-state index in [1.165, 1.54) is 48.4 Å². The molecule has 1 saturated carbocycles. The first-order chi connectivity index (χ1) is 7.27. The average Bonchev–Trinajstić information content (AvgIpc) is 2.30.